The Hall–Kier alpha value is -2.89. The van der Waals surface area contributed by atoms with Crippen LogP contribution in [0.3, 0.4) is 0 Å². The normalized spacial score (nSPS) is 10.5. The number of hydrogen-bond acceptors (Lipinski definition) is 5. The van der Waals surface area contributed by atoms with Crippen molar-refractivity contribution in [3.63, 3.8) is 0 Å². The number of nitrogens with one attached hydrogen (secondary N) is 1. The van der Waals surface area contributed by atoms with Crippen LogP contribution < -0.4 is 10.1 Å². The lowest BCUT2D eigenvalue weighted by atomic mass is 10.1. The third-order valence-electron chi connectivity index (χ3n) is 3.53. The molecule has 0 amide bonds. The molecule has 22 heavy (non-hydrogen) atoms. The van der Waals surface area contributed by atoms with Gasteiger partial charge in [-0.1, -0.05) is 0 Å². The van der Waals surface area contributed by atoms with E-state index in [2.05, 4.69) is 27.3 Å². The lowest BCUT2D eigenvalue weighted by molar-refractivity contribution is 0.414. The van der Waals surface area contributed by atoms with Crippen molar-refractivity contribution >= 4 is 11.6 Å². The molecule has 0 saturated heterocycles. The van der Waals surface area contributed by atoms with Crippen molar-refractivity contribution in [2.24, 2.45) is 0 Å². The number of nitrogens with zero attached hydrogens (tertiary/aromatic N) is 4. The van der Waals surface area contributed by atoms with Crippen LogP contribution in [0.4, 0.5) is 11.6 Å². The molecule has 0 atom stereocenters. The van der Waals surface area contributed by atoms with Gasteiger partial charge in [-0.2, -0.15) is 4.98 Å². The van der Waals surface area contributed by atoms with Crippen LogP contribution in [0.5, 0.6) is 5.75 Å². The van der Waals surface area contributed by atoms with Gasteiger partial charge in [0.25, 0.3) is 0 Å². The highest BCUT2D eigenvalue weighted by Gasteiger charge is 2.08. The number of anilines is 2. The molecule has 0 saturated carbocycles. The lowest BCUT2D eigenvalue weighted by Crippen LogP contribution is -2.00. The zero-order valence-corrected chi connectivity index (χ0v) is 12.7. The van der Waals surface area contributed by atoms with Gasteiger partial charge in [0, 0.05) is 18.0 Å². The largest absolute Gasteiger partial charge is 0.497 e. The van der Waals surface area contributed by atoms with Crippen LogP contribution >= 0.6 is 0 Å². The number of aromatic nitrogens is 4. The monoisotopic (exact) mass is 295 g/mol. The maximum absolute atomic E-state index is 5.31. The Balaban J connectivity index is 1.88. The number of hydrogen-bond donors (Lipinski definition) is 1. The van der Waals surface area contributed by atoms with Crippen molar-refractivity contribution in [1.29, 1.82) is 0 Å². The molecule has 0 fully saturated rings. The molecule has 3 aromatic rings. The van der Waals surface area contributed by atoms with E-state index >= 15 is 0 Å². The van der Waals surface area contributed by atoms with Crippen LogP contribution in [0.25, 0.3) is 5.69 Å². The molecule has 6 heteroatoms. The Kier molecular flexibility index (Phi) is 3.74. The van der Waals surface area contributed by atoms with Gasteiger partial charge in [0.05, 0.1) is 19.0 Å². The molecule has 0 spiro atoms. The van der Waals surface area contributed by atoms with Gasteiger partial charge in [-0.3, -0.25) is 4.98 Å². The zero-order valence-electron chi connectivity index (χ0n) is 12.7. The summed E-state index contributed by atoms with van der Waals surface area (Å²) in [6.07, 6.45) is 5.11. The Morgan fingerprint density at radius 2 is 2.09 bits per heavy atom. The van der Waals surface area contributed by atoms with Gasteiger partial charge in [-0.05, 0) is 43.2 Å². The van der Waals surface area contributed by atoms with Crippen LogP contribution in [0.2, 0.25) is 0 Å². The Morgan fingerprint density at radius 1 is 1.23 bits per heavy atom. The maximum atomic E-state index is 5.31. The van der Waals surface area contributed by atoms with Gasteiger partial charge < -0.3 is 10.1 Å². The van der Waals surface area contributed by atoms with E-state index in [1.807, 2.05) is 31.2 Å². The maximum Gasteiger partial charge on any atom is 0.246 e. The molecule has 0 unspecified atom stereocenters. The average Bonchev–Trinajstić information content (AvgIpc) is 3.01. The van der Waals surface area contributed by atoms with Crippen molar-refractivity contribution in [2.75, 3.05) is 12.4 Å². The third kappa shape index (κ3) is 2.76. The van der Waals surface area contributed by atoms with E-state index in [0.717, 1.165) is 28.3 Å². The van der Waals surface area contributed by atoms with Crippen molar-refractivity contribution in [1.82, 2.24) is 19.7 Å². The second-order valence-electron chi connectivity index (χ2n) is 4.97. The molecule has 1 N–H and O–H groups in total. The standard InChI is InChI=1S/C16H17N5O/c1-11-7-14(22-3)8-15(12(11)2)19-16-18-10-21(20-16)13-5-4-6-17-9-13/h4-10H,1-3H3,(H,19,20). The molecule has 6 nitrogen and oxygen atoms in total. The molecular formula is C16H17N5O. The summed E-state index contributed by atoms with van der Waals surface area (Å²) in [6, 6.07) is 7.72. The highest BCUT2D eigenvalue weighted by molar-refractivity contribution is 5.63. The van der Waals surface area contributed by atoms with E-state index < -0.39 is 0 Å². The summed E-state index contributed by atoms with van der Waals surface area (Å²) < 4.78 is 6.99. The van der Waals surface area contributed by atoms with Crippen molar-refractivity contribution in [3.05, 3.63) is 54.1 Å². The first-order valence-corrected chi connectivity index (χ1v) is 6.91. The minimum absolute atomic E-state index is 0.527. The SMILES string of the molecule is COc1cc(C)c(C)c(Nc2ncn(-c3cccnc3)n2)c1. The Labute approximate surface area is 128 Å². The van der Waals surface area contributed by atoms with E-state index in [4.69, 9.17) is 4.74 Å². The zero-order chi connectivity index (χ0) is 15.5. The van der Waals surface area contributed by atoms with Gasteiger partial charge >= 0.3 is 0 Å². The predicted octanol–water partition coefficient (Wildman–Crippen LogP) is 3.03. The van der Waals surface area contributed by atoms with Crippen LogP contribution in [0.15, 0.2) is 43.0 Å². The number of aryl methyl sites for hydroxylation is 1. The summed E-state index contributed by atoms with van der Waals surface area (Å²) in [7, 11) is 1.66. The fourth-order valence-corrected chi connectivity index (χ4v) is 2.13. The van der Waals surface area contributed by atoms with Gasteiger partial charge in [-0.25, -0.2) is 4.68 Å². The second-order valence-corrected chi connectivity index (χ2v) is 4.97. The van der Waals surface area contributed by atoms with Crippen molar-refractivity contribution in [2.45, 2.75) is 13.8 Å². The molecule has 0 radical (unpaired) electrons. The first-order valence-electron chi connectivity index (χ1n) is 6.91. The molecule has 0 aliphatic rings. The summed E-state index contributed by atoms with van der Waals surface area (Å²) in [6.45, 7) is 4.10. The van der Waals surface area contributed by atoms with Gasteiger partial charge in [0.1, 0.15) is 12.1 Å². The average molecular weight is 295 g/mol. The van der Waals surface area contributed by atoms with Crippen LogP contribution in [0.1, 0.15) is 11.1 Å². The van der Waals surface area contributed by atoms with Crippen LogP contribution in [-0.2, 0) is 0 Å². The smallest absolute Gasteiger partial charge is 0.246 e. The first kappa shape index (κ1) is 14.1. The number of rotatable bonds is 4. The number of ether oxygens (including phenoxy) is 1. The summed E-state index contributed by atoms with van der Waals surface area (Å²) in [4.78, 5) is 8.36. The molecule has 1 aromatic carbocycles. The van der Waals surface area contributed by atoms with Gasteiger partial charge in [-0.15, -0.1) is 5.10 Å². The molecule has 112 valence electrons. The second kappa shape index (κ2) is 5.85. The predicted molar refractivity (Wildman–Crippen MR) is 84.9 cm³/mol. The number of pyridine rings is 1. The van der Waals surface area contributed by atoms with Crippen LogP contribution in [-0.4, -0.2) is 26.9 Å². The summed E-state index contributed by atoms with van der Waals surface area (Å²) in [5.41, 5.74) is 4.08. The highest BCUT2D eigenvalue weighted by Crippen LogP contribution is 2.27. The third-order valence-corrected chi connectivity index (χ3v) is 3.53. The van der Waals surface area contributed by atoms with Gasteiger partial charge in [0.15, 0.2) is 0 Å². The molecule has 0 aliphatic carbocycles. The van der Waals surface area contributed by atoms with E-state index in [0.29, 0.717) is 5.95 Å². The van der Waals surface area contributed by atoms with Gasteiger partial charge in [0.2, 0.25) is 5.95 Å². The molecular weight excluding hydrogens is 278 g/mol. The fraction of sp³-hybridized carbons (Fsp3) is 0.188. The summed E-state index contributed by atoms with van der Waals surface area (Å²) >= 11 is 0. The van der Waals surface area contributed by atoms with E-state index in [-0.39, 0.29) is 0 Å². The minimum atomic E-state index is 0.527. The molecule has 0 bridgehead atoms. The number of benzene rings is 1. The molecule has 0 aliphatic heterocycles. The van der Waals surface area contributed by atoms with E-state index in [1.165, 1.54) is 0 Å². The fourth-order valence-electron chi connectivity index (χ4n) is 2.13. The van der Waals surface area contributed by atoms with E-state index in [1.54, 1.807) is 30.5 Å². The summed E-state index contributed by atoms with van der Waals surface area (Å²) in [5, 5.41) is 7.65. The van der Waals surface area contributed by atoms with Crippen molar-refractivity contribution in [3.8, 4) is 11.4 Å². The number of methoxy groups -OCH3 is 1. The Bertz CT molecular complexity index is 782. The van der Waals surface area contributed by atoms with Crippen LogP contribution in [0, 0.1) is 13.8 Å². The summed E-state index contributed by atoms with van der Waals surface area (Å²) in [5.74, 6) is 1.33. The molecule has 2 heterocycles. The molecule has 2 aromatic heterocycles. The minimum Gasteiger partial charge on any atom is -0.497 e. The first-order chi connectivity index (χ1) is 10.7. The highest BCUT2D eigenvalue weighted by atomic mass is 16.5. The topological polar surface area (TPSA) is 64.9 Å². The molecule has 3 rings (SSSR count). The lowest BCUT2D eigenvalue weighted by Gasteiger charge is -2.11. The van der Waals surface area contributed by atoms with E-state index in [9.17, 15) is 0 Å². The Morgan fingerprint density at radius 3 is 2.82 bits per heavy atom. The van der Waals surface area contributed by atoms with Crippen molar-refractivity contribution < 1.29 is 4.74 Å². The quantitative estimate of drug-likeness (QED) is 0.801.